The SMILES string of the molecule is CS(=O)(=O)c1ccc([C@H](CCC(F)(F)F)N2CCNCC2)cc1.Cl. The Morgan fingerprint density at radius 3 is 2.17 bits per heavy atom. The van der Waals surface area contributed by atoms with Gasteiger partial charge in [0.2, 0.25) is 0 Å². The summed E-state index contributed by atoms with van der Waals surface area (Å²) in [6.45, 7) is 2.83. The van der Waals surface area contributed by atoms with Gasteiger partial charge in [0, 0.05) is 44.9 Å². The van der Waals surface area contributed by atoms with Crippen LogP contribution in [-0.4, -0.2) is 51.9 Å². The molecule has 0 aromatic heterocycles. The minimum Gasteiger partial charge on any atom is -0.314 e. The molecule has 24 heavy (non-hydrogen) atoms. The predicted molar refractivity (Wildman–Crippen MR) is 89.3 cm³/mol. The van der Waals surface area contributed by atoms with Gasteiger partial charge in [-0.2, -0.15) is 13.2 Å². The zero-order chi connectivity index (χ0) is 17.1. The van der Waals surface area contributed by atoms with Crippen molar-refractivity contribution in [1.29, 1.82) is 0 Å². The van der Waals surface area contributed by atoms with Crippen LogP contribution in [0.1, 0.15) is 24.4 Å². The number of halogens is 4. The molecule has 1 aliphatic rings. The topological polar surface area (TPSA) is 49.4 Å². The van der Waals surface area contributed by atoms with Crippen molar-refractivity contribution >= 4 is 22.2 Å². The zero-order valence-electron chi connectivity index (χ0n) is 13.3. The van der Waals surface area contributed by atoms with Gasteiger partial charge >= 0.3 is 6.18 Å². The molecule has 0 unspecified atom stereocenters. The van der Waals surface area contributed by atoms with Crippen LogP contribution in [0.15, 0.2) is 29.2 Å². The maximum atomic E-state index is 12.6. The Morgan fingerprint density at radius 1 is 1.17 bits per heavy atom. The van der Waals surface area contributed by atoms with Crippen molar-refractivity contribution in [3.8, 4) is 0 Å². The third kappa shape index (κ3) is 6.23. The molecule has 2 rings (SSSR count). The fourth-order valence-corrected chi connectivity index (χ4v) is 3.42. The molecule has 4 nitrogen and oxygen atoms in total. The lowest BCUT2D eigenvalue weighted by Crippen LogP contribution is -2.45. The van der Waals surface area contributed by atoms with E-state index in [1.807, 2.05) is 4.90 Å². The number of sulfone groups is 1. The second-order valence-electron chi connectivity index (χ2n) is 5.80. The van der Waals surface area contributed by atoms with Gasteiger partial charge in [0.15, 0.2) is 9.84 Å². The van der Waals surface area contributed by atoms with Crippen LogP contribution in [0.3, 0.4) is 0 Å². The third-order valence-electron chi connectivity index (χ3n) is 3.99. The molecular weight excluding hydrogens is 365 g/mol. The average molecular weight is 387 g/mol. The van der Waals surface area contributed by atoms with Crippen molar-refractivity contribution in [2.75, 3.05) is 32.4 Å². The van der Waals surface area contributed by atoms with Crippen LogP contribution in [0.4, 0.5) is 13.2 Å². The van der Waals surface area contributed by atoms with E-state index in [1.54, 1.807) is 12.1 Å². The second kappa shape index (κ2) is 8.51. The Morgan fingerprint density at radius 2 is 1.71 bits per heavy atom. The van der Waals surface area contributed by atoms with Gasteiger partial charge in [-0.3, -0.25) is 4.90 Å². The highest BCUT2D eigenvalue weighted by atomic mass is 35.5. The monoisotopic (exact) mass is 386 g/mol. The summed E-state index contributed by atoms with van der Waals surface area (Å²) >= 11 is 0. The summed E-state index contributed by atoms with van der Waals surface area (Å²) in [5, 5.41) is 3.18. The first-order chi connectivity index (χ1) is 10.7. The van der Waals surface area contributed by atoms with Crippen molar-refractivity contribution in [2.45, 2.75) is 30.0 Å². The number of hydrogen-bond donors (Lipinski definition) is 1. The van der Waals surface area contributed by atoms with Crippen LogP contribution >= 0.6 is 12.4 Å². The first-order valence-corrected chi connectivity index (χ1v) is 9.37. The standard InChI is InChI=1S/C15H21F3N2O2S.ClH/c1-23(21,22)13-4-2-12(3-5-13)14(6-7-15(16,17)18)20-10-8-19-9-11-20;/h2-5,14,19H,6-11H2,1H3;1H/t14-;/m0./s1. The number of benzene rings is 1. The van der Waals surface area contributed by atoms with Crippen molar-refractivity contribution in [3.05, 3.63) is 29.8 Å². The Hall–Kier alpha value is -0.830. The molecular formula is C15H22ClF3N2O2S. The molecule has 0 saturated carbocycles. The summed E-state index contributed by atoms with van der Waals surface area (Å²) in [6, 6.07) is 5.83. The highest BCUT2D eigenvalue weighted by Gasteiger charge is 2.31. The molecule has 1 heterocycles. The van der Waals surface area contributed by atoms with Crippen molar-refractivity contribution in [3.63, 3.8) is 0 Å². The Kier molecular flexibility index (Phi) is 7.52. The first-order valence-electron chi connectivity index (χ1n) is 7.48. The summed E-state index contributed by atoms with van der Waals surface area (Å²) in [7, 11) is -3.31. The van der Waals surface area contributed by atoms with Gasteiger partial charge in [-0.25, -0.2) is 8.42 Å². The van der Waals surface area contributed by atoms with Crippen LogP contribution in [0.5, 0.6) is 0 Å². The van der Waals surface area contributed by atoms with Gasteiger partial charge in [-0.1, -0.05) is 12.1 Å². The van der Waals surface area contributed by atoms with Crippen LogP contribution in [0, 0.1) is 0 Å². The van der Waals surface area contributed by atoms with Gasteiger partial charge in [0.05, 0.1) is 4.90 Å². The molecule has 0 aliphatic carbocycles. The van der Waals surface area contributed by atoms with Gasteiger partial charge in [-0.05, 0) is 24.1 Å². The van der Waals surface area contributed by atoms with E-state index in [0.717, 1.165) is 24.9 Å². The Labute approximate surface area is 146 Å². The molecule has 1 saturated heterocycles. The predicted octanol–water partition coefficient (Wildman–Crippen LogP) is 2.80. The van der Waals surface area contributed by atoms with E-state index in [-0.39, 0.29) is 29.8 Å². The smallest absolute Gasteiger partial charge is 0.314 e. The van der Waals surface area contributed by atoms with Crippen LogP contribution in [-0.2, 0) is 9.84 Å². The summed E-state index contributed by atoms with van der Waals surface area (Å²) < 4.78 is 60.8. The minimum absolute atomic E-state index is 0. The third-order valence-corrected chi connectivity index (χ3v) is 5.12. The van der Waals surface area contributed by atoms with Gasteiger partial charge in [-0.15, -0.1) is 12.4 Å². The number of rotatable bonds is 5. The number of hydrogen-bond acceptors (Lipinski definition) is 4. The molecule has 0 bridgehead atoms. The van der Waals surface area contributed by atoms with Crippen LogP contribution in [0.2, 0.25) is 0 Å². The highest BCUT2D eigenvalue weighted by Crippen LogP contribution is 2.32. The van der Waals surface area contributed by atoms with Crippen LogP contribution in [0.25, 0.3) is 0 Å². The number of piperazine rings is 1. The van der Waals surface area contributed by atoms with E-state index in [9.17, 15) is 21.6 Å². The van der Waals surface area contributed by atoms with Crippen molar-refractivity contribution in [2.24, 2.45) is 0 Å². The number of nitrogens with one attached hydrogen (secondary N) is 1. The van der Waals surface area contributed by atoms with Crippen molar-refractivity contribution < 1.29 is 21.6 Å². The fraction of sp³-hybridized carbons (Fsp3) is 0.600. The number of nitrogens with zero attached hydrogens (tertiary/aromatic N) is 1. The largest absolute Gasteiger partial charge is 0.389 e. The summed E-state index contributed by atoms with van der Waals surface area (Å²) in [6.07, 6.45) is -3.96. The summed E-state index contributed by atoms with van der Waals surface area (Å²) in [5.74, 6) is 0. The van der Waals surface area contributed by atoms with E-state index in [4.69, 9.17) is 0 Å². The van der Waals surface area contributed by atoms with E-state index in [0.29, 0.717) is 13.1 Å². The molecule has 0 spiro atoms. The van der Waals surface area contributed by atoms with Gasteiger partial charge < -0.3 is 5.32 Å². The van der Waals surface area contributed by atoms with Crippen LogP contribution < -0.4 is 5.32 Å². The maximum Gasteiger partial charge on any atom is 0.389 e. The first kappa shape index (κ1) is 21.2. The molecule has 1 aromatic carbocycles. The second-order valence-corrected chi connectivity index (χ2v) is 7.81. The Bertz CT molecular complexity index is 615. The Balaban J connectivity index is 0.00000288. The molecule has 1 fully saturated rings. The lowest BCUT2D eigenvalue weighted by molar-refractivity contribution is -0.138. The quantitative estimate of drug-likeness (QED) is 0.845. The zero-order valence-corrected chi connectivity index (χ0v) is 15.0. The minimum atomic E-state index is -4.20. The molecule has 1 aliphatic heterocycles. The summed E-state index contributed by atoms with van der Waals surface area (Å²) in [4.78, 5) is 2.20. The maximum absolute atomic E-state index is 12.6. The molecule has 1 atom stereocenters. The molecule has 1 aromatic rings. The van der Waals surface area contributed by atoms with Crippen molar-refractivity contribution in [1.82, 2.24) is 10.2 Å². The molecule has 138 valence electrons. The average Bonchev–Trinajstić information content (AvgIpc) is 2.47. The normalized spacial score (nSPS) is 18.0. The van der Waals surface area contributed by atoms with Gasteiger partial charge in [0.25, 0.3) is 0 Å². The van der Waals surface area contributed by atoms with E-state index in [2.05, 4.69) is 5.32 Å². The van der Waals surface area contributed by atoms with E-state index < -0.39 is 22.4 Å². The molecule has 0 amide bonds. The van der Waals surface area contributed by atoms with E-state index in [1.165, 1.54) is 12.1 Å². The van der Waals surface area contributed by atoms with E-state index >= 15 is 0 Å². The highest BCUT2D eigenvalue weighted by molar-refractivity contribution is 7.90. The molecule has 0 radical (unpaired) electrons. The molecule has 9 heteroatoms. The fourth-order valence-electron chi connectivity index (χ4n) is 2.79. The molecule has 1 N–H and O–H groups in total. The number of alkyl halides is 3. The summed E-state index contributed by atoms with van der Waals surface area (Å²) in [5.41, 5.74) is 0.726. The lowest BCUT2D eigenvalue weighted by atomic mass is 9.99. The van der Waals surface area contributed by atoms with Gasteiger partial charge in [0.1, 0.15) is 0 Å². The lowest BCUT2D eigenvalue weighted by Gasteiger charge is -2.35.